The number of benzene rings is 1. The lowest BCUT2D eigenvalue weighted by molar-refractivity contribution is -0.155. The van der Waals surface area contributed by atoms with Gasteiger partial charge in [0, 0.05) is 31.1 Å². The summed E-state index contributed by atoms with van der Waals surface area (Å²) in [5, 5.41) is 2.14. The molecule has 10 nitrogen and oxygen atoms in total. The number of nitrogens with one attached hydrogen (secondary N) is 1. The minimum Gasteiger partial charge on any atom is -0.467 e. The topological polar surface area (TPSA) is 139 Å². The van der Waals surface area contributed by atoms with Crippen LogP contribution in [0.3, 0.4) is 0 Å². The molecule has 1 unspecified atom stereocenters. The number of imide groups is 2. The van der Waals surface area contributed by atoms with Gasteiger partial charge in [0.2, 0.25) is 17.5 Å². The van der Waals surface area contributed by atoms with Crippen molar-refractivity contribution in [1.82, 2.24) is 10.2 Å². The molecule has 2 saturated heterocycles. The van der Waals surface area contributed by atoms with Gasteiger partial charge in [0.15, 0.2) is 0 Å². The van der Waals surface area contributed by atoms with Crippen LogP contribution in [0.15, 0.2) is 18.2 Å². The molecule has 164 valence electrons. The van der Waals surface area contributed by atoms with E-state index in [4.69, 9.17) is 5.73 Å². The molecule has 1 aromatic rings. The van der Waals surface area contributed by atoms with Crippen molar-refractivity contribution in [1.29, 1.82) is 0 Å². The number of hydrogen-bond donors (Lipinski definition) is 2. The van der Waals surface area contributed by atoms with Crippen LogP contribution in [0.25, 0.3) is 0 Å². The van der Waals surface area contributed by atoms with E-state index in [9.17, 15) is 24.0 Å². The van der Waals surface area contributed by atoms with E-state index in [0.29, 0.717) is 5.69 Å². The van der Waals surface area contributed by atoms with Crippen LogP contribution in [-0.2, 0) is 19.1 Å². The molecule has 11 heteroatoms. The largest absolute Gasteiger partial charge is 0.467 e. The quantitative estimate of drug-likeness (QED) is 0.473. The standard InChI is InChI=1S/C20H21FN4O6/c1-31-19(30)20(21)9-24(8-10(20)7-22)11-2-3-12-13(6-11)18(29)25(17(12)28)14-4-5-15(26)23-16(14)27/h2-3,6,10,14H,4-5,7-9,22H2,1H3,(H,23,26,27)/t10-,14?,20-/m1/s1. The highest BCUT2D eigenvalue weighted by Gasteiger charge is 2.54. The number of amides is 4. The van der Waals surface area contributed by atoms with E-state index in [2.05, 4.69) is 10.1 Å². The molecule has 0 radical (unpaired) electrons. The third-order valence-corrected chi connectivity index (χ3v) is 6.11. The number of ether oxygens (including phenoxy) is 1. The maximum absolute atomic E-state index is 15.3. The lowest BCUT2D eigenvalue weighted by Gasteiger charge is -2.27. The number of nitrogens with zero attached hydrogens (tertiary/aromatic N) is 2. The van der Waals surface area contributed by atoms with Gasteiger partial charge in [-0.15, -0.1) is 0 Å². The van der Waals surface area contributed by atoms with Gasteiger partial charge in [-0.25, -0.2) is 9.18 Å². The summed E-state index contributed by atoms with van der Waals surface area (Å²) >= 11 is 0. The van der Waals surface area contributed by atoms with Crippen LogP contribution < -0.4 is 16.0 Å². The number of rotatable bonds is 4. The molecule has 0 saturated carbocycles. The molecule has 4 amide bonds. The summed E-state index contributed by atoms with van der Waals surface area (Å²) in [4.78, 5) is 63.7. The van der Waals surface area contributed by atoms with Gasteiger partial charge in [0.25, 0.3) is 11.8 Å². The third kappa shape index (κ3) is 3.16. The number of carbonyl (C=O) groups excluding carboxylic acids is 5. The first-order valence-electron chi connectivity index (χ1n) is 9.79. The molecule has 31 heavy (non-hydrogen) atoms. The van der Waals surface area contributed by atoms with Gasteiger partial charge in [0.05, 0.1) is 24.8 Å². The molecule has 0 bridgehead atoms. The highest BCUT2D eigenvalue weighted by molar-refractivity contribution is 6.23. The summed E-state index contributed by atoms with van der Waals surface area (Å²) in [5.41, 5.74) is 3.99. The van der Waals surface area contributed by atoms with Crippen molar-refractivity contribution in [2.45, 2.75) is 24.6 Å². The summed E-state index contributed by atoms with van der Waals surface area (Å²) in [6.45, 7) is -0.257. The highest BCUT2D eigenvalue weighted by atomic mass is 19.1. The monoisotopic (exact) mass is 432 g/mol. The van der Waals surface area contributed by atoms with Gasteiger partial charge >= 0.3 is 5.97 Å². The Labute approximate surface area is 176 Å². The second kappa shape index (κ2) is 7.41. The second-order valence-electron chi connectivity index (χ2n) is 7.84. The third-order valence-electron chi connectivity index (χ3n) is 6.11. The van der Waals surface area contributed by atoms with Crippen molar-refractivity contribution >= 4 is 35.3 Å². The van der Waals surface area contributed by atoms with Gasteiger partial charge in [0.1, 0.15) is 6.04 Å². The molecule has 3 N–H and O–H groups in total. The Morgan fingerprint density at radius 1 is 1.26 bits per heavy atom. The molecule has 0 aliphatic carbocycles. The summed E-state index contributed by atoms with van der Waals surface area (Å²) in [6, 6.07) is 3.36. The predicted molar refractivity (Wildman–Crippen MR) is 104 cm³/mol. The smallest absolute Gasteiger partial charge is 0.345 e. The molecule has 1 aromatic carbocycles. The van der Waals surface area contributed by atoms with E-state index in [-0.39, 0.29) is 43.6 Å². The molecular weight excluding hydrogens is 411 g/mol. The lowest BCUT2D eigenvalue weighted by atomic mass is 9.93. The predicted octanol–water partition coefficient (Wildman–Crippen LogP) is -0.636. The van der Waals surface area contributed by atoms with Crippen LogP contribution in [0.4, 0.5) is 10.1 Å². The van der Waals surface area contributed by atoms with Crippen LogP contribution in [0, 0.1) is 5.92 Å². The molecule has 3 aliphatic heterocycles. The zero-order chi connectivity index (χ0) is 22.5. The molecule has 3 heterocycles. The number of fused-ring (bicyclic) bond motifs is 1. The van der Waals surface area contributed by atoms with Gasteiger partial charge < -0.3 is 15.4 Å². The fourth-order valence-electron chi connectivity index (χ4n) is 4.40. The van der Waals surface area contributed by atoms with Gasteiger partial charge in [-0.1, -0.05) is 0 Å². The number of esters is 1. The molecule has 2 fully saturated rings. The van der Waals surface area contributed by atoms with Crippen LogP contribution in [0.2, 0.25) is 0 Å². The normalized spacial score (nSPS) is 28.1. The Morgan fingerprint density at radius 3 is 2.61 bits per heavy atom. The Morgan fingerprint density at radius 2 is 1.97 bits per heavy atom. The summed E-state index contributed by atoms with van der Waals surface area (Å²) < 4.78 is 19.9. The highest BCUT2D eigenvalue weighted by Crippen LogP contribution is 2.37. The maximum Gasteiger partial charge on any atom is 0.345 e. The van der Waals surface area contributed by atoms with E-state index in [1.807, 2.05) is 0 Å². The van der Waals surface area contributed by atoms with E-state index in [1.165, 1.54) is 12.1 Å². The molecule has 3 atom stereocenters. The lowest BCUT2D eigenvalue weighted by Crippen LogP contribution is -2.54. The summed E-state index contributed by atoms with van der Waals surface area (Å²) in [5.74, 6) is -4.25. The van der Waals surface area contributed by atoms with Gasteiger partial charge in [-0.2, -0.15) is 0 Å². The Bertz CT molecular complexity index is 1010. The average Bonchev–Trinajstić information content (AvgIpc) is 3.23. The number of hydrogen-bond acceptors (Lipinski definition) is 8. The van der Waals surface area contributed by atoms with Crippen LogP contribution in [0.5, 0.6) is 0 Å². The first-order valence-corrected chi connectivity index (χ1v) is 9.79. The van der Waals surface area contributed by atoms with E-state index in [1.54, 1.807) is 11.0 Å². The summed E-state index contributed by atoms with van der Waals surface area (Å²) in [6.07, 6.45) is 0.0756. The molecule has 0 aromatic heterocycles. The minimum absolute atomic E-state index is 0.0232. The number of nitrogens with two attached hydrogens (primary N) is 1. The Kier molecular flexibility index (Phi) is 5.00. The van der Waals surface area contributed by atoms with Gasteiger partial charge in [-0.05, 0) is 24.6 Å². The second-order valence-corrected chi connectivity index (χ2v) is 7.84. The zero-order valence-corrected chi connectivity index (χ0v) is 16.7. The fraction of sp³-hybridized carbons (Fsp3) is 0.450. The first kappa shape index (κ1) is 20.9. The van der Waals surface area contributed by atoms with Crippen LogP contribution in [-0.4, -0.2) is 73.0 Å². The minimum atomic E-state index is -2.29. The number of methoxy groups -OCH3 is 1. The van der Waals surface area contributed by atoms with E-state index < -0.39 is 47.2 Å². The zero-order valence-electron chi connectivity index (χ0n) is 16.7. The van der Waals surface area contributed by atoms with E-state index >= 15 is 4.39 Å². The van der Waals surface area contributed by atoms with Crippen molar-refractivity contribution in [3.05, 3.63) is 29.3 Å². The number of piperidine rings is 1. The molecule has 4 rings (SSSR count). The summed E-state index contributed by atoms with van der Waals surface area (Å²) in [7, 11) is 1.10. The SMILES string of the molecule is COC(=O)[C@@]1(F)CN(c2ccc3c(c2)C(=O)N(C2CCC(=O)NC2=O)C3=O)C[C@H]1CN. The maximum atomic E-state index is 15.3. The molecular formula is C20H21FN4O6. The molecule has 0 spiro atoms. The van der Waals surface area contributed by atoms with Crippen molar-refractivity contribution < 1.29 is 33.1 Å². The molecule has 3 aliphatic rings. The van der Waals surface area contributed by atoms with E-state index in [0.717, 1.165) is 12.0 Å². The number of anilines is 1. The Hall–Kier alpha value is -3.34. The van der Waals surface area contributed by atoms with Crippen LogP contribution >= 0.6 is 0 Å². The first-order chi connectivity index (χ1) is 14.7. The average molecular weight is 432 g/mol. The number of alkyl halides is 1. The van der Waals surface area contributed by atoms with Gasteiger partial charge in [-0.3, -0.25) is 29.4 Å². The van der Waals surface area contributed by atoms with Crippen LogP contribution in [0.1, 0.15) is 33.6 Å². The number of halogens is 1. The van der Waals surface area contributed by atoms with Crippen molar-refractivity contribution in [2.24, 2.45) is 11.7 Å². The van der Waals surface area contributed by atoms with Crippen molar-refractivity contribution in [2.75, 3.05) is 31.6 Å². The van der Waals surface area contributed by atoms with Crippen molar-refractivity contribution in [3.8, 4) is 0 Å². The fourth-order valence-corrected chi connectivity index (χ4v) is 4.40. The number of carbonyl (C=O) groups is 5. The van der Waals surface area contributed by atoms with Crippen molar-refractivity contribution in [3.63, 3.8) is 0 Å². The Balaban J connectivity index is 1.61.